The summed E-state index contributed by atoms with van der Waals surface area (Å²) in [5.41, 5.74) is 1.05. The number of hydrogen-bond acceptors (Lipinski definition) is 5. The van der Waals surface area contributed by atoms with Crippen molar-refractivity contribution >= 4 is 17.7 Å². The van der Waals surface area contributed by atoms with Crippen molar-refractivity contribution in [3.05, 3.63) is 60.2 Å². The van der Waals surface area contributed by atoms with Gasteiger partial charge in [-0.3, -0.25) is 9.59 Å². The Kier molecular flexibility index (Phi) is 6.71. The minimum atomic E-state index is -1.84. The summed E-state index contributed by atoms with van der Waals surface area (Å²) < 4.78 is 5.76. The summed E-state index contributed by atoms with van der Waals surface area (Å²) in [6.07, 6.45) is 0.670. The molecule has 6 nitrogen and oxygen atoms in total. The molecule has 0 fully saturated rings. The summed E-state index contributed by atoms with van der Waals surface area (Å²) in [5, 5.41) is 12.8. The van der Waals surface area contributed by atoms with Crippen LogP contribution in [0, 0.1) is 0 Å². The lowest BCUT2D eigenvalue weighted by atomic mass is 10.1. The van der Waals surface area contributed by atoms with Crippen molar-refractivity contribution < 1.29 is 24.2 Å². The number of ether oxygens (including phenoxy) is 1. The van der Waals surface area contributed by atoms with Crippen LogP contribution in [0.4, 0.5) is 0 Å². The number of aliphatic carboxylic acids is 1. The van der Waals surface area contributed by atoms with Gasteiger partial charge in [0, 0.05) is 6.54 Å². The van der Waals surface area contributed by atoms with Gasteiger partial charge in [-0.2, -0.15) is 0 Å². The summed E-state index contributed by atoms with van der Waals surface area (Å²) in [5.74, 6) is -2.19. The lowest BCUT2D eigenvalue weighted by Gasteiger charge is -2.08. The van der Waals surface area contributed by atoms with Crippen LogP contribution in [0.25, 0.3) is 0 Å². The molecular weight excluding hydrogens is 322 g/mol. The molecule has 2 rings (SSSR count). The predicted molar refractivity (Wildman–Crippen MR) is 88.9 cm³/mol. The van der Waals surface area contributed by atoms with Gasteiger partial charge in [0.05, 0.1) is 6.42 Å². The highest BCUT2D eigenvalue weighted by molar-refractivity contribution is 6.35. The minimum Gasteiger partial charge on any atom is -0.542 e. The second-order valence-electron chi connectivity index (χ2n) is 5.40. The summed E-state index contributed by atoms with van der Waals surface area (Å²) in [7, 11) is 0. The monoisotopic (exact) mass is 340 g/mol. The number of hydrogen-bond donors (Lipinski definition) is 1. The van der Waals surface area contributed by atoms with Gasteiger partial charge in [-0.25, -0.2) is 0 Å². The van der Waals surface area contributed by atoms with Crippen molar-refractivity contribution in [1.82, 2.24) is 5.32 Å². The number of aryl methyl sites for hydroxylation is 1. The van der Waals surface area contributed by atoms with E-state index in [0.29, 0.717) is 19.4 Å². The highest BCUT2D eigenvalue weighted by atomic mass is 16.5. The lowest BCUT2D eigenvalue weighted by molar-refractivity contribution is -0.300. The van der Waals surface area contributed by atoms with E-state index >= 15 is 0 Å². The largest absolute Gasteiger partial charge is 0.542 e. The molecule has 1 N–H and O–H groups in total. The van der Waals surface area contributed by atoms with Crippen molar-refractivity contribution in [3.63, 3.8) is 0 Å². The van der Waals surface area contributed by atoms with E-state index in [-0.39, 0.29) is 0 Å². The van der Waals surface area contributed by atoms with Gasteiger partial charge in [0.15, 0.2) is 5.78 Å². The molecule has 130 valence electrons. The maximum absolute atomic E-state index is 11.4. The number of carbonyl (C=O) groups excluding carboxylic acids is 3. The molecule has 0 saturated carbocycles. The average molecular weight is 340 g/mol. The number of ketones is 1. The first-order valence-corrected chi connectivity index (χ1v) is 7.87. The average Bonchev–Trinajstić information content (AvgIpc) is 2.60. The van der Waals surface area contributed by atoms with E-state index in [2.05, 4.69) is 5.32 Å². The van der Waals surface area contributed by atoms with Crippen molar-refractivity contribution in [2.24, 2.45) is 0 Å². The zero-order chi connectivity index (χ0) is 18.1. The zero-order valence-corrected chi connectivity index (χ0v) is 13.6. The van der Waals surface area contributed by atoms with Gasteiger partial charge in [-0.1, -0.05) is 30.3 Å². The molecule has 0 aliphatic heterocycles. The van der Waals surface area contributed by atoms with Crippen LogP contribution in [0.5, 0.6) is 11.5 Å². The number of Topliss-reactive ketones (excluding diaryl/α,β-unsaturated/α-hetero) is 1. The maximum Gasteiger partial charge on any atom is 0.227 e. The molecule has 1 amide bonds. The van der Waals surface area contributed by atoms with Gasteiger partial charge in [-0.05, 0) is 42.7 Å². The fourth-order valence-electron chi connectivity index (χ4n) is 2.19. The third-order valence-electron chi connectivity index (χ3n) is 3.39. The molecule has 0 aromatic heterocycles. The molecular formula is C19H18NO5-. The fraction of sp³-hybridized carbons (Fsp3) is 0.211. The molecule has 0 atom stereocenters. The normalized spacial score (nSPS) is 10.1. The molecule has 0 aliphatic rings. The van der Waals surface area contributed by atoms with Crippen LogP contribution in [0.1, 0.15) is 18.4 Å². The standard InChI is InChI=1S/C19H19NO5/c21-17(19(23)24)13-18(22)20-11-5-7-14-6-4-10-16(12-14)25-15-8-2-1-3-9-15/h1-4,6,8-10,12H,5,7,11,13H2,(H,20,22)(H,23,24)/p-1. The van der Waals surface area contributed by atoms with Gasteiger partial charge >= 0.3 is 0 Å². The van der Waals surface area contributed by atoms with E-state index in [1.54, 1.807) is 0 Å². The van der Waals surface area contributed by atoms with E-state index in [1.165, 1.54) is 0 Å². The quantitative estimate of drug-likeness (QED) is 0.421. The Morgan fingerprint density at radius 3 is 2.40 bits per heavy atom. The lowest BCUT2D eigenvalue weighted by Crippen LogP contribution is -2.36. The van der Waals surface area contributed by atoms with Crippen molar-refractivity contribution in [2.75, 3.05) is 6.54 Å². The van der Waals surface area contributed by atoms with Crippen LogP contribution in [0.15, 0.2) is 54.6 Å². The van der Waals surface area contributed by atoms with Crippen molar-refractivity contribution in [1.29, 1.82) is 0 Å². The van der Waals surface area contributed by atoms with E-state index in [1.807, 2.05) is 54.6 Å². The number of nitrogens with one attached hydrogen (secondary N) is 1. The molecule has 0 aliphatic carbocycles. The second kappa shape index (κ2) is 9.22. The second-order valence-corrected chi connectivity index (χ2v) is 5.40. The van der Waals surface area contributed by atoms with E-state index in [0.717, 1.165) is 17.1 Å². The smallest absolute Gasteiger partial charge is 0.227 e. The van der Waals surface area contributed by atoms with Crippen LogP contribution in [0.3, 0.4) is 0 Å². The predicted octanol–water partition coefficient (Wildman–Crippen LogP) is 1.24. The fourth-order valence-corrected chi connectivity index (χ4v) is 2.19. The number of para-hydroxylation sites is 1. The van der Waals surface area contributed by atoms with Crippen LogP contribution in [0.2, 0.25) is 0 Å². The molecule has 0 saturated heterocycles. The highest BCUT2D eigenvalue weighted by Gasteiger charge is 2.09. The molecule has 0 heterocycles. The Hall–Kier alpha value is -3.15. The molecule has 2 aromatic carbocycles. The summed E-state index contributed by atoms with van der Waals surface area (Å²) in [6, 6.07) is 17.1. The number of carboxylic acids is 1. The van der Waals surface area contributed by atoms with Gasteiger partial charge < -0.3 is 20.0 Å². The van der Waals surface area contributed by atoms with E-state index in [4.69, 9.17) is 4.74 Å². The first kappa shape index (κ1) is 18.2. The van der Waals surface area contributed by atoms with E-state index in [9.17, 15) is 19.5 Å². The minimum absolute atomic E-state index is 0.350. The molecule has 6 heteroatoms. The van der Waals surface area contributed by atoms with Gasteiger partial charge in [0.1, 0.15) is 17.5 Å². The topological polar surface area (TPSA) is 95.5 Å². The third-order valence-corrected chi connectivity index (χ3v) is 3.39. The first-order chi connectivity index (χ1) is 12.0. The number of benzene rings is 2. The van der Waals surface area contributed by atoms with Crippen molar-refractivity contribution in [3.8, 4) is 11.5 Å². The Morgan fingerprint density at radius 1 is 0.960 bits per heavy atom. The summed E-state index contributed by atoms with van der Waals surface area (Å²) in [4.78, 5) is 32.5. The number of carbonyl (C=O) groups is 3. The Bertz CT molecular complexity index is 742. The van der Waals surface area contributed by atoms with Crippen LogP contribution in [-0.2, 0) is 20.8 Å². The molecule has 0 spiro atoms. The third kappa shape index (κ3) is 6.47. The van der Waals surface area contributed by atoms with E-state index < -0.39 is 24.1 Å². The number of amides is 1. The van der Waals surface area contributed by atoms with Crippen LogP contribution in [-0.4, -0.2) is 24.2 Å². The molecule has 0 radical (unpaired) electrons. The maximum atomic E-state index is 11.4. The summed E-state index contributed by atoms with van der Waals surface area (Å²) in [6.45, 7) is 0.350. The first-order valence-electron chi connectivity index (χ1n) is 7.87. The zero-order valence-electron chi connectivity index (χ0n) is 13.6. The number of rotatable bonds is 9. The SMILES string of the molecule is O=C(CC(=O)C(=O)[O-])NCCCc1cccc(Oc2ccccc2)c1. The Balaban J connectivity index is 1.76. The van der Waals surface area contributed by atoms with Gasteiger partial charge in [0.25, 0.3) is 0 Å². The van der Waals surface area contributed by atoms with Gasteiger partial charge in [0.2, 0.25) is 5.91 Å². The Labute approximate surface area is 145 Å². The highest BCUT2D eigenvalue weighted by Crippen LogP contribution is 2.22. The molecule has 0 unspecified atom stereocenters. The van der Waals surface area contributed by atoms with Crippen LogP contribution >= 0.6 is 0 Å². The number of carboxylic acid groups (broad SMARTS) is 1. The van der Waals surface area contributed by atoms with Crippen LogP contribution < -0.4 is 15.2 Å². The van der Waals surface area contributed by atoms with Crippen molar-refractivity contribution in [2.45, 2.75) is 19.3 Å². The Morgan fingerprint density at radius 2 is 1.68 bits per heavy atom. The molecule has 0 bridgehead atoms. The molecule has 25 heavy (non-hydrogen) atoms. The summed E-state index contributed by atoms with van der Waals surface area (Å²) >= 11 is 0. The van der Waals surface area contributed by atoms with Gasteiger partial charge in [-0.15, -0.1) is 0 Å². The molecule has 2 aromatic rings.